The molecule has 0 aliphatic heterocycles. The molecule has 1 amide bonds. The van der Waals surface area contributed by atoms with Crippen molar-refractivity contribution in [2.75, 3.05) is 25.2 Å². The lowest BCUT2D eigenvalue weighted by atomic mass is 10.1. The highest BCUT2D eigenvalue weighted by molar-refractivity contribution is 7.98. The molecule has 2 aromatic rings. The summed E-state index contributed by atoms with van der Waals surface area (Å²) < 4.78 is 10.8. The molecule has 0 heterocycles. The molecule has 0 saturated carbocycles. The van der Waals surface area contributed by atoms with Gasteiger partial charge in [0, 0.05) is 10.6 Å². The molecule has 150 valence electrons. The molecule has 0 aliphatic rings. The van der Waals surface area contributed by atoms with Crippen LogP contribution in [0.2, 0.25) is 5.02 Å². The fourth-order valence-electron chi connectivity index (χ4n) is 2.36. The first-order valence-corrected chi connectivity index (χ1v) is 10.7. The summed E-state index contributed by atoms with van der Waals surface area (Å²) in [5, 5.41) is 3.29. The lowest BCUT2D eigenvalue weighted by Gasteiger charge is -2.17. The SMILES string of the molecule is CSCC[C@H](NC(=O)c1ccc(Cl)cc1)C(=O)OCCOc1ccc(C)cc1. The van der Waals surface area contributed by atoms with Gasteiger partial charge in [0.05, 0.1) is 0 Å². The molecule has 0 bridgehead atoms. The van der Waals surface area contributed by atoms with Crippen molar-refractivity contribution in [1.29, 1.82) is 0 Å². The summed E-state index contributed by atoms with van der Waals surface area (Å²) in [7, 11) is 0. The average Bonchev–Trinajstić information content (AvgIpc) is 2.70. The van der Waals surface area contributed by atoms with Crippen molar-refractivity contribution in [3.8, 4) is 5.75 Å². The fraction of sp³-hybridized carbons (Fsp3) is 0.333. The van der Waals surface area contributed by atoms with Gasteiger partial charge in [0.2, 0.25) is 0 Å². The topological polar surface area (TPSA) is 64.6 Å². The van der Waals surface area contributed by atoms with Gasteiger partial charge in [0.15, 0.2) is 0 Å². The molecule has 5 nitrogen and oxygen atoms in total. The third kappa shape index (κ3) is 7.44. The molecule has 1 atom stereocenters. The molecule has 1 N–H and O–H groups in total. The Labute approximate surface area is 174 Å². The van der Waals surface area contributed by atoms with Crippen LogP contribution in [0.3, 0.4) is 0 Å². The summed E-state index contributed by atoms with van der Waals surface area (Å²) in [6, 6.07) is 13.4. The number of hydrogen-bond donors (Lipinski definition) is 1. The Morgan fingerprint density at radius 1 is 1.07 bits per heavy atom. The lowest BCUT2D eigenvalue weighted by Crippen LogP contribution is -2.42. The van der Waals surface area contributed by atoms with Gasteiger partial charge in [-0.25, -0.2) is 4.79 Å². The van der Waals surface area contributed by atoms with Crippen molar-refractivity contribution in [2.24, 2.45) is 0 Å². The molecule has 0 spiro atoms. The van der Waals surface area contributed by atoms with Crippen LogP contribution in [0.1, 0.15) is 22.3 Å². The number of esters is 1. The summed E-state index contributed by atoms with van der Waals surface area (Å²) in [6.45, 7) is 2.35. The number of hydrogen-bond acceptors (Lipinski definition) is 5. The van der Waals surface area contributed by atoms with Gasteiger partial charge in [-0.1, -0.05) is 29.3 Å². The van der Waals surface area contributed by atoms with Gasteiger partial charge >= 0.3 is 5.97 Å². The minimum absolute atomic E-state index is 0.110. The first-order valence-electron chi connectivity index (χ1n) is 8.91. The number of thioether (sulfide) groups is 1. The molecule has 28 heavy (non-hydrogen) atoms. The normalized spacial score (nSPS) is 11.5. The van der Waals surface area contributed by atoms with Crippen molar-refractivity contribution >= 4 is 35.2 Å². The third-order valence-corrected chi connectivity index (χ3v) is 4.82. The maximum Gasteiger partial charge on any atom is 0.328 e. The van der Waals surface area contributed by atoms with Crippen LogP contribution < -0.4 is 10.1 Å². The molecule has 0 fully saturated rings. The van der Waals surface area contributed by atoms with Gasteiger partial charge in [-0.2, -0.15) is 11.8 Å². The highest BCUT2D eigenvalue weighted by atomic mass is 35.5. The maximum atomic E-state index is 12.4. The van der Waals surface area contributed by atoms with E-state index in [1.165, 1.54) is 0 Å². The zero-order chi connectivity index (χ0) is 20.4. The number of aryl methyl sites for hydroxylation is 1. The number of amides is 1. The van der Waals surface area contributed by atoms with E-state index in [9.17, 15) is 9.59 Å². The number of carbonyl (C=O) groups excluding carboxylic acids is 2. The average molecular weight is 422 g/mol. The lowest BCUT2D eigenvalue weighted by molar-refractivity contribution is -0.146. The first-order chi connectivity index (χ1) is 13.5. The number of nitrogens with one attached hydrogen (secondary N) is 1. The fourth-order valence-corrected chi connectivity index (χ4v) is 2.96. The Kier molecular flexibility index (Phi) is 9.17. The summed E-state index contributed by atoms with van der Waals surface area (Å²) in [4.78, 5) is 24.8. The van der Waals surface area contributed by atoms with Crippen LogP contribution >= 0.6 is 23.4 Å². The Hall–Kier alpha value is -2.18. The number of rotatable bonds is 10. The van der Waals surface area contributed by atoms with E-state index in [0.717, 1.165) is 17.1 Å². The van der Waals surface area contributed by atoms with Crippen molar-refractivity contribution in [3.05, 3.63) is 64.7 Å². The van der Waals surface area contributed by atoms with Crippen LogP contribution in [0.25, 0.3) is 0 Å². The summed E-state index contributed by atoms with van der Waals surface area (Å²) in [5.41, 5.74) is 1.58. The van der Waals surface area contributed by atoms with Gasteiger partial charge in [0.25, 0.3) is 5.91 Å². The Balaban J connectivity index is 1.84. The quantitative estimate of drug-likeness (QED) is 0.461. The molecule has 0 saturated heterocycles. The van der Waals surface area contributed by atoms with Crippen molar-refractivity contribution in [3.63, 3.8) is 0 Å². The van der Waals surface area contributed by atoms with Crippen LogP contribution in [-0.4, -0.2) is 43.1 Å². The Morgan fingerprint density at radius 2 is 1.75 bits per heavy atom. The van der Waals surface area contributed by atoms with Gasteiger partial charge in [0.1, 0.15) is 25.0 Å². The molecule has 7 heteroatoms. The zero-order valence-electron chi connectivity index (χ0n) is 15.9. The molecule has 0 aromatic heterocycles. The van der Waals surface area contributed by atoms with E-state index in [1.807, 2.05) is 37.4 Å². The van der Waals surface area contributed by atoms with Gasteiger partial charge in [-0.05, 0) is 61.8 Å². The minimum atomic E-state index is -0.713. The molecular formula is C21H24ClNO4S. The summed E-state index contributed by atoms with van der Waals surface area (Å²) >= 11 is 7.44. The van der Waals surface area contributed by atoms with Gasteiger partial charge in [-0.15, -0.1) is 0 Å². The summed E-state index contributed by atoms with van der Waals surface area (Å²) in [5.74, 6) is 0.636. The van der Waals surface area contributed by atoms with E-state index >= 15 is 0 Å². The number of benzene rings is 2. The van der Waals surface area contributed by atoms with E-state index in [-0.39, 0.29) is 19.1 Å². The number of carbonyl (C=O) groups is 2. The smallest absolute Gasteiger partial charge is 0.328 e. The van der Waals surface area contributed by atoms with Crippen molar-refractivity contribution in [2.45, 2.75) is 19.4 Å². The summed E-state index contributed by atoms with van der Waals surface area (Å²) in [6.07, 6.45) is 2.43. The predicted molar refractivity (Wildman–Crippen MR) is 113 cm³/mol. The molecule has 0 radical (unpaired) electrons. The van der Waals surface area contributed by atoms with Gasteiger partial charge in [-0.3, -0.25) is 4.79 Å². The maximum absolute atomic E-state index is 12.4. The van der Waals surface area contributed by atoms with Crippen LogP contribution in [-0.2, 0) is 9.53 Å². The Bertz CT molecular complexity index is 765. The van der Waals surface area contributed by atoms with E-state index in [4.69, 9.17) is 21.1 Å². The van der Waals surface area contributed by atoms with E-state index < -0.39 is 12.0 Å². The standard InChI is InChI=1S/C21H24ClNO4S/c1-15-3-9-18(10-4-15)26-12-13-27-21(25)19(11-14-28-2)23-20(24)16-5-7-17(22)8-6-16/h3-10,19H,11-14H2,1-2H3,(H,23,24)/t19-/m0/s1. The Morgan fingerprint density at radius 3 is 2.39 bits per heavy atom. The zero-order valence-corrected chi connectivity index (χ0v) is 17.5. The second-order valence-electron chi connectivity index (χ2n) is 6.14. The van der Waals surface area contributed by atoms with Crippen LogP contribution in [0.4, 0.5) is 0 Å². The second-order valence-corrected chi connectivity index (χ2v) is 7.57. The van der Waals surface area contributed by atoms with Crippen molar-refractivity contribution in [1.82, 2.24) is 5.32 Å². The van der Waals surface area contributed by atoms with Crippen molar-refractivity contribution < 1.29 is 19.1 Å². The second kappa shape index (κ2) is 11.6. The highest BCUT2D eigenvalue weighted by Gasteiger charge is 2.22. The first kappa shape index (κ1) is 22.1. The molecule has 2 aromatic carbocycles. The monoisotopic (exact) mass is 421 g/mol. The number of ether oxygens (including phenoxy) is 2. The third-order valence-electron chi connectivity index (χ3n) is 3.92. The molecule has 0 unspecified atom stereocenters. The molecule has 0 aliphatic carbocycles. The minimum Gasteiger partial charge on any atom is -0.490 e. The predicted octanol–water partition coefficient (Wildman–Crippen LogP) is 4.12. The number of halogens is 1. The van der Waals surface area contributed by atoms with E-state index in [1.54, 1.807) is 36.0 Å². The van der Waals surface area contributed by atoms with Crippen LogP contribution in [0.15, 0.2) is 48.5 Å². The van der Waals surface area contributed by atoms with Crippen LogP contribution in [0.5, 0.6) is 5.75 Å². The van der Waals surface area contributed by atoms with E-state index in [0.29, 0.717) is 17.0 Å². The molecular weight excluding hydrogens is 398 g/mol. The highest BCUT2D eigenvalue weighted by Crippen LogP contribution is 2.12. The largest absolute Gasteiger partial charge is 0.490 e. The molecule has 2 rings (SSSR count). The van der Waals surface area contributed by atoms with Gasteiger partial charge < -0.3 is 14.8 Å². The van der Waals surface area contributed by atoms with E-state index in [2.05, 4.69) is 5.32 Å². The van der Waals surface area contributed by atoms with Crippen LogP contribution in [0, 0.1) is 6.92 Å².